The van der Waals surface area contributed by atoms with Crippen LogP contribution in [-0.4, -0.2) is 12.4 Å². The molecule has 2 aromatic carbocycles. The molecule has 1 aliphatic heterocycles. The molecule has 134 valence electrons. The van der Waals surface area contributed by atoms with Crippen molar-refractivity contribution >= 4 is 29.3 Å². The Balaban J connectivity index is 1.44. The Morgan fingerprint density at radius 1 is 1.11 bits per heavy atom. The molecule has 0 fully saturated rings. The first-order chi connectivity index (χ1) is 13.2. The van der Waals surface area contributed by atoms with Crippen molar-refractivity contribution in [2.75, 3.05) is 6.61 Å². The number of ketones is 1. The molecule has 1 aromatic heterocycles. The van der Waals surface area contributed by atoms with E-state index in [0.717, 1.165) is 16.0 Å². The first kappa shape index (κ1) is 17.3. The number of rotatable bonds is 5. The quantitative estimate of drug-likeness (QED) is 0.532. The van der Waals surface area contributed by atoms with E-state index < -0.39 is 0 Å². The second kappa shape index (κ2) is 7.64. The number of hydrogen-bond donors (Lipinski definition) is 0. The zero-order chi connectivity index (χ0) is 18.6. The summed E-state index contributed by atoms with van der Waals surface area (Å²) in [4.78, 5) is 13.6. The summed E-state index contributed by atoms with van der Waals surface area (Å²) in [7, 11) is 0. The number of allylic oxidation sites excluding steroid dienone is 1. The number of thiophene rings is 1. The Hall–Kier alpha value is -3.11. The minimum Gasteiger partial charge on any atom is -0.489 e. The molecule has 0 unspecified atom stereocenters. The Morgan fingerprint density at radius 3 is 2.74 bits per heavy atom. The highest BCUT2D eigenvalue weighted by molar-refractivity contribution is 7.11. The third-order valence-electron chi connectivity index (χ3n) is 4.26. The lowest BCUT2D eigenvalue weighted by Crippen LogP contribution is -1.97. The Morgan fingerprint density at radius 2 is 1.96 bits per heavy atom. The largest absolute Gasteiger partial charge is 0.489 e. The summed E-state index contributed by atoms with van der Waals surface area (Å²) in [6.07, 6.45) is 5.78. The van der Waals surface area contributed by atoms with Crippen LogP contribution in [0.2, 0.25) is 0 Å². The summed E-state index contributed by atoms with van der Waals surface area (Å²) in [6, 6.07) is 17.4. The van der Waals surface area contributed by atoms with Crippen LogP contribution in [0.4, 0.5) is 0 Å². The molecule has 27 heavy (non-hydrogen) atoms. The van der Waals surface area contributed by atoms with Gasteiger partial charge in [0.2, 0.25) is 5.78 Å². The molecule has 0 spiro atoms. The zero-order valence-corrected chi connectivity index (χ0v) is 15.7. The molecule has 0 saturated carbocycles. The minimum atomic E-state index is -0.0895. The monoisotopic (exact) mass is 374 g/mol. The van der Waals surface area contributed by atoms with Gasteiger partial charge in [-0.3, -0.25) is 4.79 Å². The van der Waals surface area contributed by atoms with Crippen molar-refractivity contribution in [3.8, 4) is 11.5 Å². The van der Waals surface area contributed by atoms with Gasteiger partial charge in [0.25, 0.3) is 0 Å². The number of aryl methyl sites for hydroxylation is 1. The van der Waals surface area contributed by atoms with Gasteiger partial charge in [-0.2, -0.15) is 0 Å². The van der Waals surface area contributed by atoms with E-state index in [4.69, 9.17) is 9.47 Å². The molecule has 0 saturated heterocycles. The van der Waals surface area contributed by atoms with Crippen LogP contribution in [0.1, 0.15) is 26.4 Å². The van der Waals surface area contributed by atoms with Crippen molar-refractivity contribution in [3.05, 3.63) is 93.4 Å². The predicted molar refractivity (Wildman–Crippen MR) is 109 cm³/mol. The molecule has 0 amide bonds. The van der Waals surface area contributed by atoms with E-state index in [0.29, 0.717) is 29.4 Å². The van der Waals surface area contributed by atoms with Crippen LogP contribution in [0.25, 0.3) is 12.2 Å². The van der Waals surface area contributed by atoms with E-state index in [1.807, 2.05) is 66.9 Å². The molecule has 4 rings (SSSR count). The first-order valence-corrected chi connectivity index (χ1v) is 9.55. The van der Waals surface area contributed by atoms with Gasteiger partial charge in [0.05, 0.1) is 5.56 Å². The maximum atomic E-state index is 12.5. The highest BCUT2D eigenvalue weighted by Gasteiger charge is 2.28. The minimum absolute atomic E-state index is 0.0895. The molecule has 2 heterocycles. The van der Waals surface area contributed by atoms with Crippen LogP contribution in [0.5, 0.6) is 11.5 Å². The van der Waals surface area contributed by atoms with Gasteiger partial charge in [0, 0.05) is 17.0 Å². The van der Waals surface area contributed by atoms with Gasteiger partial charge in [0.15, 0.2) is 5.76 Å². The first-order valence-electron chi connectivity index (χ1n) is 8.67. The molecule has 1 aliphatic rings. The van der Waals surface area contributed by atoms with Crippen LogP contribution in [0, 0.1) is 6.92 Å². The van der Waals surface area contributed by atoms with Gasteiger partial charge in [-0.05, 0) is 47.7 Å². The summed E-state index contributed by atoms with van der Waals surface area (Å²) >= 11 is 1.59. The number of hydrogen-bond acceptors (Lipinski definition) is 4. The number of carbonyl (C=O) groups excluding carboxylic acids is 1. The number of fused-ring (bicyclic) bond motifs is 1. The second-order valence-electron chi connectivity index (χ2n) is 6.19. The van der Waals surface area contributed by atoms with E-state index >= 15 is 0 Å². The maximum absolute atomic E-state index is 12.5. The maximum Gasteiger partial charge on any atom is 0.232 e. The van der Waals surface area contributed by atoms with E-state index in [9.17, 15) is 4.79 Å². The molecule has 0 N–H and O–H groups in total. The van der Waals surface area contributed by atoms with E-state index in [1.54, 1.807) is 29.5 Å². The van der Waals surface area contributed by atoms with Crippen LogP contribution in [-0.2, 0) is 0 Å². The lowest BCUT2D eigenvalue weighted by atomic mass is 10.1. The lowest BCUT2D eigenvalue weighted by Gasteiger charge is -2.04. The van der Waals surface area contributed by atoms with Crippen molar-refractivity contribution in [1.82, 2.24) is 0 Å². The van der Waals surface area contributed by atoms with Crippen LogP contribution < -0.4 is 9.47 Å². The highest BCUT2D eigenvalue weighted by atomic mass is 32.1. The molecule has 0 bridgehead atoms. The highest BCUT2D eigenvalue weighted by Crippen LogP contribution is 2.35. The van der Waals surface area contributed by atoms with Gasteiger partial charge in [-0.15, -0.1) is 11.3 Å². The van der Waals surface area contributed by atoms with Crippen molar-refractivity contribution in [3.63, 3.8) is 0 Å². The molecule has 0 aliphatic carbocycles. The molecule has 0 radical (unpaired) electrons. The third-order valence-corrected chi connectivity index (χ3v) is 5.23. The number of benzene rings is 2. The summed E-state index contributed by atoms with van der Waals surface area (Å²) in [6.45, 7) is 2.46. The fraction of sp³-hybridized carbons (Fsp3) is 0.0870. The Bertz CT molecular complexity index is 1030. The molecular weight excluding hydrogens is 356 g/mol. The SMILES string of the molecule is Cc1ccsc1/C=C1\Oc2cc(OC/C=C/c3ccccc3)ccc2C1=O. The van der Waals surface area contributed by atoms with Crippen LogP contribution >= 0.6 is 11.3 Å². The van der Waals surface area contributed by atoms with Gasteiger partial charge in [-0.25, -0.2) is 0 Å². The molecular formula is C23H18O3S. The van der Waals surface area contributed by atoms with Crippen LogP contribution in [0.3, 0.4) is 0 Å². The predicted octanol–water partition coefficient (Wildman–Crippen LogP) is 5.76. The van der Waals surface area contributed by atoms with Crippen molar-refractivity contribution in [2.24, 2.45) is 0 Å². The molecule has 3 nitrogen and oxygen atoms in total. The average Bonchev–Trinajstić information content (AvgIpc) is 3.23. The van der Waals surface area contributed by atoms with Crippen molar-refractivity contribution < 1.29 is 14.3 Å². The van der Waals surface area contributed by atoms with Crippen LogP contribution in [0.15, 0.2) is 71.8 Å². The summed E-state index contributed by atoms with van der Waals surface area (Å²) in [5.41, 5.74) is 2.83. The van der Waals surface area contributed by atoms with Gasteiger partial charge >= 0.3 is 0 Å². The fourth-order valence-corrected chi connectivity index (χ4v) is 3.65. The van der Waals surface area contributed by atoms with E-state index in [1.165, 1.54) is 0 Å². The second-order valence-corrected chi connectivity index (χ2v) is 7.14. The molecule has 3 aromatic rings. The van der Waals surface area contributed by atoms with Gasteiger partial charge in [0.1, 0.15) is 18.1 Å². The van der Waals surface area contributed by atoms with E-state index in [-0.39, 0.29) is 5.78 Å². The molecule has 0 atom stereocenters. The Kier molecular flexibility index (Phi) is 4.90. The smallest absolute Gasteiger partial charge is 0.232 e. The number of Topliss-reactive ketones (excluding diaryl/α,β-unsaturated/α-hetero) is 1. The third kappa shape index (κ3) is 3.86. The number of ether oxygens (including phenoxy) is 2. The van der Waals surface area contributed by atoms with Crippen molar-refractivity contribution in [1.29, 1.82) is 0 Å². The van der Waals surface area contributed by atoms with Crippen molar-refractivity contribution in [2.45, 2.75) is 6.92 Å². The zero-order valence-electron chi connectivity index (χ0n) is 14.8. The summed E-state index contributed by atoms with van der Waals surface area (Å²) < 4.78 is 11.5. The lowest BCUT2D eigenvalue weighted by molar-refractivity contribution is 0.101. The summed E-state index contributed by atoms with van der Waals surface area (Å²) in [5.74, 6) is 1.49. The topological polar surface area (TPSA) is 35.5 Å². The molecule has 4 heteroatoms. The average molecular weight is 374 g/mol. The van der Waals surface area contributed by atoms with Gasteiger partial charge < -0.3 is 9.47 Å². The number of carbonyl (C=O) groups is 1. The summed E-state index contributed by atoms with van der Waals surface area (Å²) in [5, 5.41) is 2.00. The Labute approximate surface area is 162 Å². The van der Waals surface area contributed by atoms with E-state index in [2.05, 4.69) is 0 Å². The fourth-order valence-electron chi connectivity index (χ4n) is 2.80. The standard InChI is InChI=1S/C23H18O3S/c1-16-11-13-27-22(16)15-21-23(24)19-10-9-18(14-20(19)26-21)25-12-5-8-17-6-3-2-4-7-17/h2-11,13-15H,12H2,1H3/b8-5+,21-15-. The van der Waals surface area contributed by atoms with Gasteiger partial charge in [-0.1, -0.05) is 36.4 Å². The normalized spacial score (nSPS) is 14.6.